The van der Waals surface area contributed by atoms with Crippen molar-refractivity contribution in [2.24, 2.45) is 17.1 Å². The molecule has 0 fully saturated rings. The van der Waals surface area contributed by atoms with Gasteiger partial charge in [0.2, 0.25) is 29.5 Å². The number of nitrogens with zero attached hydrogens (tertiary/aromatic N) is 3. The van der Waals surface area contributed by atoms with Gasteiger partial charge in [-0.15, -0.1) is 0 Å². The molecule has 4 atom stereocenters. The normalized spacial score (nSPS) is 14.2. The molecular weight excluding hydrogens is 977 g/mol. The van der Waals surface area contributed by atoms with Crippen molar-refractivity contribution in [2.45, 2.75) is 111 Å². The van der Waals surface area contributed by atoms with Gasteiger partial charge in [0.15, 0.2) is 0 Å². The van der Waals surface area contributed by atoms with Crippen LogP contribution < -0.4 is 32.3 Å². The fourth-order valence-electron chi connectivity index (χ4n) is 8.27. The standard InChI is InChI=1S/C53H69F2N9O11/c1-32(2)47(61-43(67)15-11-8-12-25-63-44(68)20-21-45(63)69)51(73)59-33(3)49(71)60-40(52(74)75)18-19-42(66)57-23-24-58-50(72)39(56)22-26-64(46(70)31-65)48(53(4,5)6)41-27-35(37-28-36(54)16-17-38(37)55)30-62(41)29-34-13-9-7-10-14-34/h7,9-10,13-14,16-17,20-22,27-28,30,32-33,40,47-48,65H,8,11-12,15,18-19,23-26,29,31,56H2,1-6H3,(H,57,66)(H,58,72)(H,59,73)(H,60,71)(H,61,67)(H,74,75)/b39-22+/t33-,40-,47-,48-/m0/s1. The first-order valence-electron chi connectivity index (χ1n) is 24.7. The monoisotopic (exact) mass is 1050 g/mol. The van der Waals surface area contributed by atoms with E-state index < -0.39 is 89.2 Å². The summed E-state index contributed by atoms with van der Waals surface area (Å²) in [4.78, 5) is 116. The van der Waals surface area contributed by atoms with E-state index in [9.17, 15) is 57.8 Å². The highest BCUT2D eigenvalue weighted by atomic mass is 19.1. The number of aromatic nitrogens is 1. The Labute approximate surface area is 434 Å². The number of carboxylic acids is 1. The third-order valence-corrected chi connectivity index (χ3v) is 12.2. The molecule has 20 nitrogen and oxygen atoms in total. The van der Waals surface area contributed by atoms with Crippen LogP contribution in [-0.4, -0.2) is 129 Å². The molecule has 8 amide bonds. The molecule has 0 radical (unpaired) electrons. The SMILES string of the molecule is CC(C)[C@H](NC(=O)CCCCCN1C(=O)C=CC1=O)C(=O)N[C@@H](C)C(=O)N[C@@H](CCC(=O)NCCNC(=O)/C(N)=C\CN(C(=O)CO)[C@@H](c1cc(-c2cc(F)ccc2F)cn1Cc1ccccc1)C(C)(C)C)C(=O)O. The quantitative estimate of drug-likeness (QED) is 0.0296. The number of aliphatic hydroxyl groups excluding tert-OH is 1. The molecule has 1 aliphatic rings. The topological polar surface area (TPSA) is 292 Å². The van der Waals surface area contributed by atoms with E-state index in [1.54, 1.807) is 26.1 Å². The number of aliphatic hydroxyl groups is 1. The molecule has 2 aromatic carbocycles. The van der Waals surface area contributed by atoms with Gasteiger partial charge in [0.25, 0.3) is 17.7 Å². The van der Waals surface area contributed by atoms with Crippen LogP contribution >= 0.6 is 0 Å². The van der Waals surface area contributed by atoms with Crippen molar-refractivity contribution in [2.75, 3.05) is 32.8 Å². The molecule has 0 bridgehead atoms. The zero-order chi connectivity index (χ0) is 55.6. The number of benzene rings is 2. The molecule has 1 aromatic heterocycles. The lowest BCUT2D eigenvalue weighted by molar-refractivity contribution is -0.142. The van der Waals surface area contributed by atoms with Crippen LogP contribution in [0.4, 0.5) is 8.78 Å². The summed E-state index contributed by atoms with van der Waals surface area (Å²) in [5, 5.41) is 32.5. The molecule has 4 rings (SSSR count). The average molecular weight is 1050 g/mol. The summed E-state index contributed by atoms with van der Waals surface area (Å²) in [7, 11) is 0. The number of rotatable bonds is 28. The molecule has 0 aliphatic carbocycles. The van der Waals surface area contributed by atoms with Gasteiger partial charge in [-0.2, -0.15) is 0 Å². The minimum atomic E-state index is -1.52. The van der Waals surface area contributed by atoms with Crippen molar-refractivity contribution in [3.05, 3.63) is 108 Å². The Kier molecular flexibility index (Phi) is 22.4. The van der Waals surface area contributed by atoms with Gasteiger partial charge in [-0.3, -0.25) is 43.3 Å². The first-order chi connectivity index (χ1) is 35.4. The molecule has 406 valence electrons. The number of amides is 8. The van der Waals surface area contributed by atoms with Crippen molar-refractivity contribution >= 4 is 53.2 Å². The Balaban J connectivity index is 1.28. The maximum atomic E-state index is 15.1. The number of halogens is 2. The predicted octanol–water partition coefficient (Wildman–Crippen LogP) is 2.95. The van der Waals surface area contributed by atoms with E-state index in [1.807, 2.05) is 55.7 Å². The van der Waals surface area contributed by atoms with Gasteiger partial charge in [-0.1, -0.05) is 71.4 Å². The molecule has 0 saturated carbocycles. The van der Waals surface area contributed by atoms with Crippen LogP contribution in [0.1, 0.15) is 97.4 Å². The Hall–Kier alpha value is -7.75. The van der Waals surface area contributed by atoms with Gasteiger partial charge in [0, 0.05) is 80.7 Å². The molecule has 75 heavy (non-hydrogen) atoms. The van der Waals surface area contributed by atoms with E-state index in [1.165, 1.54) is 30.1 Å². The summed E-state index contributed by atoms with van der Waals surface area (Å²) < 4.78 is 31.3. The number of carboxylic acid groups (broad SMARTS) is 1. The molecule has 9 N–H and O–H groups in total. The molecule has 2 heterocycles. The van der Waals surface area contributed by atoms with E-state index in [4.69, 9.17) is 5.73 Å². The van der Waals surface area contributed by atoms with E-state index in [-0.39, 0.29) is 74.4 Å². The summed E-state index contributed by atoms with van der Waals surface area (Å²) in [6.07, 6.45) is 6.21. The fraction of sp³-hybridized carbons (Fsp3) is 0.453. The highest BCUT2D eigenvalue weighted by Gasteiger charge is 2.37. The lowest BCUT2D eigenvalue weighted by atomic mass is 9.83. The first-order valence-corrected chi connectivity index (χ1v) is 24.7. The minimum Gasteiger partial charge on any atom is -0.480 e. The maximum Gasteiger partial charge on any atom is 0.326 e. The Morgan fingerprint density at radius 2 is 1.48 bits per heavy atom. The van der Waals surface area contributed by atoms with Crippen molar-refractivity contribution in [3.8, 4) is 11.1 Å². The third-order valence-electron chi connectivity index (χ3n) is 12.2. The van der Waals surface area contributed by atoms with Crippen LogP contribution in [0.25, 0.3) is 11.1 Å². The van der Waals surface area contributed by atoms with Crippen molar-refractivity contribution in [3.63, 3.8) is 0 Å². The van der Waals surface area contributed by atoms with E-state index in [2.05, 4.69) is 26.6 Å². The van der Waals surface area contributed by atoms with E-state index >= 15 is 4.39 Å². The summed E-state index contributed by atoms with van der Waals surface area (Å²) in [5.41, 5.74) is 6.89. The molecule has 0 unspecified atom stereocenters. The number of hydrogen-bond acceptors (Lipinski definition) is 11. The zero-order valence-electron chi connectivity index (χ0n) is 43.1. The summed E-state index contributed by atoms with van der Waals surface area (Å²) in [6, 6.07) is 9.55. The fourth-order valence-corrected chi connectivity index (χ4v) is 8.27. The van der Waals surface area contributed by atoms with E-state index in [0.717, 1.165) is 28.7 Å². The average Bonchev–Trinajstić information content (AvgIpc) is 3.91. The van der Waals surface area contributed by atoms with Gasteiger partial charge in [0.05, 0.1) is 11.7 Å². The second-order valence-electron chi connectivity index (χ2n) is 19.6. The summed E-state index contributed by atoms with van der Waals surface area (Å²) in [5.74, 6) is -7.91. The van der Waals surface area contributed by atoms with Gasteiger partial charge in [0.1, 0.15) is 36.4 Å². The molecule has 1 aliphatic heterocycles. The number of carbonyl (C=O) groups is 9. The van der Waals surface area contributed by atoms with Crippen LogP contribution in [0, 0.1) is 23.0 Å². The van der Waals surface area contributed by atoms with Crippen molar-refractivity contribution in [1.29, 1.82) is 0 Å². The lowest BCUT2D eigenvalue weighted by Crippen LogP contribution is -2.56. The van der Waals surface area contributed by atoms with E-state index in [0.29, 0.717) is 37.1 Å². The molecule has 3 aromatic rings. The van der Waals surface area contributed by atoms with Gasteiger partial charge >= 0.3 is 5.97 Å². The number of imide groups is 1. The molecular formula is C53H69F2N9O11. The smallest absolute Gasteiger partial charge is 0.326 e. The number of unbranched alkanes of at least 4 members (excludes halogenated alkanes) is 2. The highest BCUT2D eigenvalue weighted by molar-refractivity contribution is 6.12. The van der Waals surface area contributed by atoms with Gasteiger partial charge < -0.3 is 52.0 Å². The number of hydrogen-bond donors (Lipinski definition) is 8. The predicted molar refractivity (Wildman–Crippen MR) is 272 cm³/mol. The zero-order valence-corrected chi connectivity index (χ0v) is 43.1. The largest absolute Gasteiger partial charge is 0.480 e. The Bertz CT molecular complexity index is 2590. The van der Waals surface area contributed by atoms with Crippen molar-refractivity contribution < 1.29 is 62.1 Å². The summed E-state index contributed by atoms with van der Waals surface area (Å²) >= 11 is 0. The van der Waals surface area contributed by atoms with Gasteiger partial charge in [-0.05, 0) is 73.4 Å². The van der Waals surface area contributed by atoms with Crippen LogP contribution in [0.2, 0.25) is 0 Å². The molecule has 0 saturated heterocycles. The molecule has 0 spiro atoms. The number of nitrogens with one attached hydrogen (secondary N) is 5. The highest BCUT2D eigenvalue weighted by Crippen LogP contribution is 2.41. The van der Waals surface area contributed by atoms with Crippen LogP contribution in [0.5, 0.6) is 0 Å². The third kappa shape index (κ3) is 18.0. The van der Waals surface area contributed by atoms with Crippen LogP contribution in [0.3, 0.4) is 0 Å². The van der Waals surface area contributed by atoms with Gasteiger partial charge in [-0.25, -0.2) is 13.6 Å². The number of aliphatic carboxylic acids is 1. The van der Waals surface area contributed by atoms with Crippen LogP contribution in [-0.2, 0) is 49.7 Å². The minimum absolute atomic E-state index is 0.00663. The number of nitrogens with two attached hydrogens (primary N) is 1. The molecule has 22 heteroatoms. The number of carbonyl (C=O) groups excluding carboxylic acids is 8. The first kappa shape index (κ1) is 59.8. The van der Waals surface area contributed by atoms with Crippen LogP contribution in [0.15, 0.2) is 84.7 Å². The second kappa shape index (κ2) is 28.1. The Morgan fingerprint density at radius 1 is 0.813 bits per heavy atom. The lowest BCUT2D eigenvalue weighted by Gasteiger charge is -2.40. The van der Waals surface area contributed by atoms with Crippen molar-refractivity contribution in [1.82, 2.24) is 41.0 Å². The second-order valence-corrected chi connectivity index (χ2v) is 19.6. The summed E-state index contributed by atoms with van der Waals surface area (Å²) in [6.45, 7) is 9.45. The Morgan fingerprint density at radius 3 is 2.11 bits per heavy atom. The maximum absolute atomic E-state index is 15.1.